The van der Waals surface area contributed by atoms with E-state index < -0.39 is 11.3 Å². The van der Waals surface area contributed by atoms with Gasteiger partial charge >= 0.3 is 0 Å². The van der Waals surface area contributed by atoms with Gasteiger partial charge in [0.2, 0.25) is 0 Å². The lowest BCUT2D eigenvalue weighted by molar-refractivity contribution is 0.478. The van der Waals surface area contributed by atoms with Crippen molar-refractivity contribution in [3.05, 3.63) is 53.6 Å². The zero-order valence-corrected chi connectivity index (χ0v) is 11.3. The Hall–Kier alpha value is -1.76. The summed E-state index contributed by atoms with van der Waals surface area (Å²) in [5.41, 5.74) is 6.17. The molecule has 2 aromatic rings. The van der Waals surface area contributed by atoms with Crippen LogP contribution in [0, 0.1) is 0 Å². The highest BCUT2D eigenvalue weighted by atomic mass is 35.5. The van der Waals surface area contributed by atoms with Gasteiger partial charge in [0.25, 0.3) is 0 Å². The Kier molecular flexibility index (Phi) is 6.14. The fourth-order valence-electron chi connectivity index (χ4n) is 1.13. The van der Waals surface area contributed by atoms with Crippen LogP contribution in [0.4, 0.5) is 11.4 Å². The number of nitrogens with two attached hydrogens (primary N) is 1. The number of rotatable bonds is 2. The molecule has 0 amide bonds. The molecule has 19 heavy (non-hydrogen) atoms. The minimum atomic E-state index is -2.22. The van der Waals surface area contributed by atoms with Crippen molar-refractivity contribution < 1.29 is 13.9 Å². The minimum Gasteiger partial charge on any atom is -0.755 e. The second kappa shape index (κ2) is 7.63. The van der Waals surface area contributed by atoms with Crippen molar-refractivity contribution in [2.24, 2.45) is 0 Å². The van der Waals surface area contributed by atoms with Gasteiger partial charge in [-0.15, -0.1) is 0 Å². The SMILES string of the molecule is Nc1cc(Cl)ccc1O.O=S([O-])Nc1ccccc1. The molecule has 7 heteroatoms. The highest BCUT2D eigenvalue weighted by Gasteiger charge is 1.94. The van der Waals surface area contributed by atoms with E-state index in [0.29, 0.717) is 16.4 Å². The normalized spacial score (nSPS) is 11.1. The number of phenols is 1. The number of hydrogen-bond donors (Lipinski definition) is 3. The van der Waals surface area contributed by atoms with Crippen LogP contribution in [0.2, 0.25) is 5.02 Å². The molecule has 1 atom stereocenters. The van der Waals surface area contributed by atoms with Gasteiger partial charge in [-0.2, -0.15) is 0 Å². The maximum Gasteiger partial charge on any atom is 0.138 e. The fraction of sp³-hybridized carbons (Fsp3) is 0. The summed E-state index contributed by atoms with van der Waals surface area (Å²) in [4.78, 5) is 0. The highest BCUT2D eigenvalue weighted by molar-refractivity contribution is 7.80. The monoisotopic (exact) mass is 299 g/mol. The molecule has 0 heterocycles. The number of nitrogen functional groups attached to an aromatic ring is 1. The molecule has 2 aromatic carbocycles. The zero-order chi connectivity index (χ0) is 14.3. The number of aromatic hydroxyl groups is 1. The molecular formula is C12H12ClN2O3S-. The van der Waals surface area contributed by atoms with E-state index in [9.17, 15) is 8.76 Å². The van der Waals surface area contributed by atoms with Gasteiger partial charge in [0.05, 0.1) is 5.69 Å². The smallest absolute Gasteiger partial charge is 0.138 e. The second-order valence-corrected chi connectivity index (χ2v) is 4.52. The van der Waals surface area contributed by atoms with Gasteiger partial charge in [-0.3, -0.25) is 4.21 Å². The van der Waals surface area contributed by atoms with Crippen molar-refractivity contribution in [1.29, 1.82) is 0 Å². The second-order valence-electron chi connectivity index (χ2n) is 3.41. The van der Waals surface area contributed by atoms with Gasteiger partial charge < -0.3 is 20.1 Å². The van der Waals surface area contributed by atoms with Crippen LogP contribution in [-0.2, 0) is 11.3 Å². The molecule has 0 radical (unpaired) electrons. The summed E-state index contributed by atoms with van der Waals surface area (Å²) in [7, 11) is 0. The molecule has 0 saturated carbocycles. The number of hydrogen-bond acceptors (Lipinski definition) is 4. The molecule has 0 aliphatic rings. The molecule has 5 nitrogen and oxygen atoms in total. The molecule has 2 rings (SSSR count). The molecule has 0 saturated heterocycles. The van der Waals surface area contributed by atoms with Gasteiger partial charge in [0.15, 0.2) is 0 Å². The first kappa shape index (κ1) is 15.3. The number of phenolic OH excluding ortho intramolecular Hbond substituents is 1. The van der Waals surface area contributed by atoms with Crippen LogP contribution >= 0.6 is 11.6 Å². The first-order chi connectivity index (χ1) is 8.99. The highest BCUT2D eigenvalue weighted by Crippen LogP contribution is 2.22. The molecule has 0 spiro atoms. The van der Waals surface area contributed by atoms with Crippen molar-refractivity contribution in [2.75, 3.05) is 10.5 Å². The van der Waals surface area contributed by atoms with Gasteiger partial charge in [0.1, 0.15) is 5.75 Å². The van der Waals surface area contributed by atoms with Crippen molar-refractivity contribution >= 4 is 34.2 Å². The van der Waals surface area contributed by atoms with Gasteiger partial charge in [-0.25, -0.2) is 0 Å². The van der Waals surface area contributed by atoms with Crippen LogP contribution in [0.25, 0.3) is 0 Å². The third-order valence-electron chi connectivity index (χ3n) is 1.96. The Morgan fingerprint density at radius 1 is 1.21 bits per heavy atom. The minimum absolute atomic E-state index is 0.0689. The lowest BCUT2D eigenvalue weighted by Gasteiger charge is -2.06. The number of para-hydroxylation sites is 1. The molecule has 0 aromatic heterocycles. The number of anilines is 2. The largest absolute Gasteiger partial charge is 0.755 e. The van der Waals surface area contributed by atoms with Gasteiger partial charge in [0, 0.05) is 22.0 Å². The standard InChI is InChI=1S/C6H6ClNO.C6H7NO2S/c7-4-1-2-6(9)5(8)3-4;8-10(9)7-6-4-2-1-3-5-6/h1-3,9H,8H2;1-5,7H,(H,8,9)/p-1. The van der Waals surface area contributed by atoms with E-state index in [1.165, 1.54) is 12.1 Å². The Labute approximate surface area is 118 Å². The summed E-state index contributed by atoms with van der Waals surface area (Å²) in [5, 5.41) is 9.39. The summed E-state index contributed by atoms with van der Waals surface area (Å²) in [6.07, 6.45) is 0. The summed E-state index contributed by atoms with van der Waals surface area (Å²) in [6.45, 7) is 0. The summed E-state index contributed by atoms with van der Waals surface area (Å²) in [5.74, 6) is 0.0689. The molecule has 102 valence electrons. The van der Waals surface area contributed by atoms with Crippen LogP contribution in [0.1, 0.15) is 0 Å². The van der Waals surface area contributed by atoms with Crippen LogP contribution in [-0.4, -0.2) is 13.9 Å². The summed E-state index contributed by atoms with van der Waals surface area (Å²) >= 11 is 3.31. The van der Waals surface area contributed by atoms with E-state index in [2.05, 4.69) is 4.72 Å². The van der Waals surface area contributed by atoms with Crippen molar-refractivity contribution in [3.63, 3.8) is 0 Å². The van der Waals surface area contributed by atoms with Crippen LogP contribution in [0.5, 0.6) is 5.75 Å². The van der Waals surface area contributed by atoms with Gasteiger partial charge in [-0.05, 0) is 30.3 Å². The maximum absolute atomic E-state index is 10.1. The predicted molar refractivity (Wildman–Crippen MR) is 76.5 cm³/mol. The topological polar surface area (TPSA) is 98.4 Å². The molecule has 0 fully saturated rings. The Balaban J connectivity index is 0.000000191. The first-order valence-corrected chi connectivity index (χ1v) is 6.59. The average Bonchev–Trinajstić information content (AvgIpc) is 2.35. The van der Waals surface area contributed by atoms with E-state index in [-0.39, 0.29) is 5.75 Å². The number of halogens is 1. The molecule has 0 aliphatic carbocycles. The van der Waals surface area contributed by atoms with Crippen molar-refractivity contribution in [3.8, 4) is 5.75 Å². The maximum atomic E-state index is 10.1. The summed E-state index contributed by atoms with van der Waals surface area (Å²) < 4.78 is 22.3. The van der Waals surface area contributed by atoms with Crippen LogP contribution in [0.15, 0.2) is 48.5 Å². The lowest BCUT2D eigenvalue weighted by Crippen LogP contribution is -2.01. The summed E-state index contributed by atoms with van der Waals surface area (Å²) in [6, 6.07) is 13.2. The van der Waals surface area contributed by atoms with Gasteiger partial charge in [-0.1, -0.05) is 29.8 Å². The Morgan fingerprint density at radius 2 is 1.84 bits per heavy atom. The number of benzene rings is 2. The quantitative estimate of drug-likeness (QED) is 0.451. The van der Waals surface area contributed by atoms with E-state index in [1.54, 1.807) is 30.3 Å². The van der Waals surface area contributed by atoms with Crippen LogP contribution in [0.3, 0.4) is 0 Å². The molecule has 4 N–H and O–H groups in total. The lowest BCUT2D eigenvalue weighted by atomic mass is 10.3. The molecule has 0 bridgehead atoms. The fourth-order valence-corrected chi connectivity index (χ4v) is 1.64. The number of nitrogens with one attached hydrogen (secondary N) is 1. The van der Waals surface area contributed by atoms with Crippen molar-refractivity contribution in [2.45, 2.75) is 0 Å². The Morgan fingerprint density at radius 3 is 2.32 bits per heavy atom. The molecule has 0 aliphatic heterocycles. The van der Waals surface area contributed by atoms with Crippen molar-refractivity contribution in [1.82, 2.24) is 0 Å². The van der Waals surface area contributed by atoms with E-state index >= 15 is 0 Å². The molecular weight excluding hydrogens is 288 g/mol. The van der Waals surface area contributed by atoms with E-state index in [4.69, 9.17) is 22.4 Å². The van der Waals surface area contributed by atoms with Crippen LogP contribution < -0.4 is 10.5 Å². The third kappa shape index (κ3) is 6.10. The van der Waals surface area contributed by atoms with E-state index in [0.717, 1.165) is 0 Å². The zero-order valence-electron chi connectivity index (χ0n) is 9.75. The first-order valence-electron chi connectivity index (χ1n) is 5.14. The Bertz CT molecular complexity index is 552. The predicted octanol–water partition coefficient (Wildman–Crippen LogP) is 2.52. The van der Waals surface area contributed by atoms with E-state index in [1.807, 2.05) is 6.07 Å². The third-order valence-corrected chi connectivity index (χ3v) is 2.60. The average molecular weight is 300 g/mol. The molecule has 1 unspecified atom stereocenters.